The number of aryl methyl sites for hydroxylation is 1. The van der Waals surface area contributed by atoms with Crippen molar-refractivity contribution in [3.05, 3.63) is 77.0 Å². The maximum absolute atomic E-state index is 13.6. The first kappa shape index (κ1) is 22.4. The summed E-state index contributed by atoms with van der Waals surface area (Å²) >= 11 is 0. The topological polar surface area (TPSA) is 64.8 Å². The summed E-state index contributed by atoms with van der Waals surface area (Å²) in [5.41, 5.74) is 2.41. The summed E-state index contributed by atoms with van der Waals surface area (Å²) in [5, 5.41) is 0. The van der Waals surface area contributed by atoms with E-state index < -0.39 is 0 Å². The van der Waals surface area contributed by atoms with Crippen LogP contribution in [0.5, 0.6) is 11.5 Å². The average Bonchev–Trinajstić information content (AvgIpc) is 3.15. The van der Waals surface area contributed by atoms with Crippen LogP contribution in [0.15, 0.2) is 53.2 Å². The molecule has 0 aliphatic heterocycles. The van der Waals surface area contributed by atoms with E-state index in [1.165, 1.54) is 0 Å². The number of nitrogens with zero attached hydrogens (tertiary/aromatic N) is 2. The molecule has 0 radical (unpaired) electrons. The summed E-state index contributed by atoms with van der Waals surface area (Å²) in [6.45, 7) is 8.81. The molecule has 6 nitrogen and oxygen atoms in total. The number of hydrogen-bond donors (Lipinski definition) is 0. The molecule has 2 heterocycles. The highest BCUT2D eigenvalue weighted by Crippen LogP contribution is 2.30. The van der Waals surface area contributed by atoms with Crippen LogP contribution in [0, 0.1) is 6.92 Å². The van der Waals surface area contributed by atoms with Gasteiger partial charge in [0.05, 0.1) is 20.8 Å². The van der Waals surface area contributed by atoms with Crippen LogP contribution in [0.3, 0.4) is 0 Å². The molecule has 1 amide bonds. The predicted octanol–water partition coefficient (Wildman–Crippen LogP) is 5.14. The van der Waals surface area contributed by atoms with Gasteiger partial charge in [0.25, 0.3) is 5.91 Å². The third-order valence-electron chi connectivity index (χ3n) is 5.08. The highest BCUT2D eigenvalue weighted by molar-refractivity contribution is 5.93. The van der Waals surface area contributed by atoms with Gasteiger partial charge in [-0.1, -0.05) is 26.8 Å². The van der Waals surface area contributed by atoms with E-state index in [1.54, 1.807) is 31.5 Å². The van der Waals surface area contributed by atoms with E-state index in [0.717, 1.165) is 22.5 Å². The van der Waals surface area contributed by atoms with Gasteiger partial charge >= 0.3 is 0 Å². The largest absolute Gasteiger partial charge is 0.497 e. The molecule has 1 aromatic carbocycles. The first-order chi connectivity index (χ1) is 14.7. The highest BCUT2D eigenvalue weighted by atomic mass is 16.5. The van der Waals surface area contributed by atoms with Crippen LogP contribution < -0.4 is 9.47 Å². The van der Waals surface area contributed by atoms with Crippen molar-refractivity contribution >= 4 is 5.91 Å². The van der Waals surface area contributed by atoms with Crippen molar-refractivity contribution in [2.45, 2.75) is 46.2 Å². The fraction of sp³-hybridized carbons (Fsp3) is 0.360. The molecule has 0 spiro atoms. The van der Waals surface area contributed by atoms with E-state index in [1.807, 2.05) is 43.3 Å². The van der Waals surface area contributed by atoms with Crippen LogP contribution in [0.1, 0.15) is 53.8 Å². The standard InChI is InChI=1S/C25H30N2O4/c1-17-12-22(25(2,3)4)31-23(17)24(28)27(15-18-8-7-11-26-14-18)16-19-13-20(29-5)9-10-21(19)30-6/h7-14H,15-16H2,1-6H3. The van der Waals surface area contributed by atoms with Crippen molar-refractivity contribution < 1.29 is 18.7 Å². The van der Waals surface area contributed by atoms with E-state index in [-0.39, 0.29) is 11.3 Å². The Bertz CT molecular complexity index is 1040. The first-order valence-electron chi connectivity index (χ1n) is 10.2. The average molecular weight is 423 g/mol. The third-order valence-corrected chi connectivity index (χ3v) is 5.08. The minimum absolute atomic E-state index is 0.179. The molecule has 0 unspecified atom stereocenters. The van der Waals surface area contributed by atoms with E-state index >= 15 is 0 Å². The smallest absolute Gasteiger partial charge is 0.290 e. The van der Waals surface area contributed by atoms with E-state index in [0.29, 0.717) is 30.3 Å². The zero-order valence-electron chi connectivity index (χ0n) is 19.1. The van der Waals surface area contributed by atoms with Crippen LogP contribution in [0.2, 0.25) is 0 Å². The van der Waals surface area contributed by atoms with Gasteiger partial charge in [-0.15, -0.1) is 0 Å². The molecular formula is C25H30N2O4. The molecule has 164 valence electrons. The normalized spacial score (nSPS) is 11.3. The summed E-state index contributed by atoms with van der Waals surface area (Å²) in [5.74, 6) is 2.36. The third kappa shape index (κ3) is 5.26. The van der Waals surface area contributed by atoms with Gasteiger partial charge in [-0.2, -0.15) is 0 Å². The molecule has 0 saturated heterocycles. The van der Waals surface area contributed by atoms with Crippen LogP contribution in [0.4, 0.5) is 0 Å². The molecule has 2 aromatic heterocycles. The molecule has 0 fully saturated rings. The quantitative estimate of drug-likeness (QED) is 0.527. The minimum Gasteiger partial charge on any atom is -0.497 e. The van der Waals surface area contributed by atoms with Gasteiger partial charge in [0, 0.05) is 35.5 Å². The molecule has 3 rings (SSSR count). The van der Waals surface area contributed by atoms with Gasteiger partial charge in [0.1, 0.15) is 17.3 Å². The lowest BCUT2D eigenvalue weighted by Crippen LogP contribution is -2.30. The monoisotopic (exact) mass is 422 g/mol. The summed E-state index contributed by atoms with van der Waals surface area (Å²) in [4.78, 5) is 19.5. The van der Waals surface area contributed by atoms with Crippen LogP contribution in [-0.4, -0.2) is 30.0 Å². The minimum atomic E-state index is -0.187. The van der Waals surface area contributed by atoms with Crippen LogP contribution in [0.25, 0.3) is 0 Å². The Hall–Kier alpha value is -3.28. The molecule has 0 N–H and O–H groups in total. The van der Waals surface area contributed by atoms with Crippen molar-refractivity contribution in [2.75, 3.05) is 14.2 Å². The van der Waals surface area contributed by atoms with Gasteiger partial charge < -0.3 is 18.8 Å². The molecule has 0 saturated carbocycles. The van der Waals surface area contributed by atoms with Gasteiger partial charge in [-0.25, -0.2) is 0 Å². The second-order valence-electron chi connectivity index (χ2n) is 8.57. The van der Waals surface area contributed by atoms with E-state index in [4.69, 9.17) is 13.9 Å². The number of rotatable bonds is 7. The second-order valence-corrected chi connectivity index (χ2v) is 8.57. The fourth-order valence-electron chi connectivity index (χ4n) is 3.33. The predicted molar refractivity (Wildman–Crippen MR) is 120 cm³/mol. The molecular weight excluding hydrogens is 392 g/mol. The number of aromatic nitrogens is 1. The van der Waals surface area contributed by atoms with Gasteiger partial charge in [-0.3, -0.25) is 9.78 Å². The molecule has 31 heavy (non-hydrogen) atoms. The van der Waals surface area contributed by atoms with Gasteiger partial charge in [-0.05, 0) is 42.8 Å². The number of furan rings is 1. The summed E-state index contributed by atoms with van der Waals surface area (Å²) < 4.78 is 16.9. The Morgan fingerprint density at radius 2 is 1.87 bits per heavy atom. The van der Waals surface area contributed by atoms with Gasteiger partial charge in [0.2, 0.25) is 0 Å². The summed E-state index contributed by atoms with van der Waals surface area (Å²) in [7, 11) is 3.23. The maximum atomic E-state index is 13.6. The molecule has 6 heteroatoms. The fourth-order valence-corrected chi connectivity index (χ4v) is 3.33. The number of ether oxygens (including phenoxy) is 2. The van der Waals surface area contributed by atoms with Gasteiger partial charge in [0.15, 0.2) is 5.76 Å². The molecule has 0 atom stereocenters. The Morgan fingerprint density at radius 3 is 2.45 bits per heavy atom. The van der Waals surface area contributed by atoms with E-state index in [9.17, 15) is 4.79 Å². The Labute approximate surface area is 183 Å². The van der Waals surface area contributed by atoms with Crippen molar-refractivity contribution in [2.24, 2.45) is 0 Å². The zero-order chi connectivity index (χ0) is 22.6. The zero-order valence-corrected chi connectivity index (χ0v) is 19.1. The number of carbonyl (C=O) groups is 1. The molecule has 0 bridgehead atoms. The van der Waals surface area contributed by atoms with Crippen molar-refractivity contribution in [1.29, 1.82) is 0 Å². The van der Waals surface area contributed by atoms with Crippen molar-refractivity contribution in [3.63, 3.8) is 0 Å². The number of carbonyl (C=O) groups excluding carboxylic acids is 1. The van der Waals surface area contributed by atoms with Crippen molar-refractivity contribution in [3.8, 4) is 11.5 Å². The Balaban J connectivity index is 1.99. The summed E-state index contributed by atoms with van der Waals surface area (Å²) in [6, 6.07) is 11.3. The Morgan fingerprint density at radius 1 is 1.10 bits per heavy atom. The first-order valence-corrected chi connectivity index (χ1v) is 10.2. The lowest BCUT2D eigenvalue weighted by molar-refractivity contribution is 0.0691. The number of amides is 1. The lowest BCUT2D eigenvalue weighted by atomic mass is 9.93. The molecule has 0 aliphatic carbocycles. The lowest BCUT2D eigenvalue weighted by Gasteiger charge is -2.24. The number of pyridine rings is 1. The van der Waals surface area contributed by atoms with Crippen LogP contribution >= 0.6 is 0 Å². The van der Waals surface area contributed by atoms with E-state index in [2.05, 4.69) is 25.8 Å². The number of benzene rings is 1. The van der Waals surface area contributed by atoms with Crippen molar-refractivity contribution in [1.82, 2.24) is 9.88 Å². The SMILES string of the molecule is COc1ccc(OC)c(CN(Cc2cccnc2)C(=O)c2oc(C(C)(C)C)cc2C)c1. The molecule has 3 aromatic rings. The second kappa shape index (κ2) is 9.25. The number of hydrogen-bond acceptors (Lipinski definition) is 5. The summed E-state index contributed by atoms with van der Waals surface area (Å²) in [6.07, 6.45) is 3.48. The maximum Gasteiger partial charge on any atom is 0.290 e. The Kier molecular flexibility index (Phi) is 6.68. The molecule has 0 aliphatic rings. The van der Waals surface area contributed by atoms with Crippen LogP contribution in [-0.2, 0) is 18.5 Å². The number of methoxy groups -OCH3 is 2. The highest BCUT2D eigenvalue weighted by Gasteiger charge is 2.27.